The third-order valence-electron chi connectivity index (χ3n) is 3.28. The van der Waals surface area contributed by atoms with Gasteiger partial charge < -0.3 is 9.47 Å². The molecule has 0 spiro atoms. The summed E-state index contributed by atoms with van der Waals surface area (Å²) in [5, 5.41) is 0. The molecule has 1 aliphatic carbocycles. The summed E-state index contributed by atoms with van der Waals surface area (Å²) in [7, 11) is 1.67. The molecule has 0 N–H and O–H groups in total. The predicted octanol–water partition coefficient (Wildman–Crippen LogP) is 1.20. The van der Waals surface area contributed by atoms with Crippen molar-refractivity contribution in [3.63, 3.8) is 0 Å². The molecule has 1 heterocycles. The van der Waals surface area contributed by atoms with Crippen molar-refractivity contribution < 1.29 is 27.4 Å². The molecule has 2 atom stereocenters. The molecule has 0 unspecified atom stereocenters. The second-order valence-electron chi connectivity index (χ2n) is 4.81. The van der Waals surface area contributed by atoms with E-state index in [0.29, 0.717) is 26.0 Å². The Hall–Kier alpha value is -0.820. The van der Waals surface area contributed by atoms with Crippen molar-refractivity contribution in [3.8, 4) is 0 Å². The van der Waals surface area contributed by atoms with Crippen LogP contribution in [0.3, 0.4) is 0 Å². The van der Waals surface area contributed by atoms with E-state index in [4.69, 9.17) is 4.74 Å². The molecule has 0 radical (unpaired) electrons. The van der Waals surface area contributed by atoms with Crippen LogP contribution in [0, 0.1) is 5.92 Å². The summed E-state index contributed by atoms with van der Waals surface area (Å²) < 4.78 is 47.9. The van der Waals surface area contributed by atoms with E-state index in [-0.39, 0.29) is 6.61 Å². The van der Waals surface area contributed by atoms with E-state index in [0.717, 1.165) is 0 Å². The molecule has 2 fully saturated rings. The van der Waals surface area contributed by atoms with Crippen molar-refractivity contribution in [2.24, 2.45) is 5.92 Å². The molecule has 1 saturated heterocycles. The average Bonchev–Trinajstić information content (AvgIpc) is 3.08. The second kappa shape index (κ2) is 5.05. The van der Waals surface area contributed by atoms with Gasteiger partial charge in [0.2, 0.25) is 0 Å². The molecule has 0 amide bonds. The Morgan fingerprint density at radius 1 is 1.44 bits per heavy atom. The Morgan fingerprint density at radius 3 is 2.61 bits per heavy atom. The molecule has 7 heteroatoms. The van der Waals surface area contributed by atoms with Gasteiger partial charge in [0.1, 0.15) is 6.04 Å². The van der Waals surface area contributed by atoms with Crippen LogP contribution in [0.5, 0.6) is 0 Å². The number of alkyl halides is 3. The van der Waals surface area contributed by atoms with Crippen LogP contribution in [0.1, 0.15) is 12.8 Å². The Bertz CT molecular complexity index is 317. The Morgan fingerprint density at radius 2 is 2.11 bits per heavy atom. The standard InChI is InChI=1S/C11H16F3NO3/c1-15-4-5-17-6-8(15)10(16)18-9(7-2-3-7)11(12,13)14/h7-9H,2-6H2,1H3/t8-,9+/m1/s1. The van der Waals surface area contributed by atoms with Gasteiger partial charge in [-0.05, 0) is 19.9 Å². The maximum absolute atomic E-state index is 12.7. The molecule has 2 aliphatic rings. The molecular formula is C11H16F3NO3. The molecule has 0 bridgehead atoms. The normalized spacial score (nSPS) is 27.9. The van der Waals surface area contributed by atoms with Crippen LogP contribution < -0.4 is 0 Å². The van der Waals surface area contributed by atoms with Gasteiger partial charge in [0.25, 0.3) is 0 Å². The highest BCUT2D eigenvalue weighted by Crippen LogP contribution is 2.42. The second-order valence-corrected chi connectivity index (χ2v) is 4.81. The van der Waals surface area contributed by atoms with E-state index in [1.165, 1.54) is 0 Å². The van der Waals surface area contributed by atoms with E-state index in [1.54, 1.807) is 11.9 Å². The maximum atomic E-state index is 12.7. The summed E-state index contributed by atoms with van der Waals surface area (Å²) in [4.78, 5) is 13.4. The fourth-order valence-electron chi connectivity index (χ4n) is 1.97. The number of morpholine rings is 1. The van der Waals surface area contributed by atoms with Crippen molar-refractivity contribution in [2.45, 2.75) is 31.2 Å². The molecular weight excluding hydrogens is 251 g/mol. The van der Waals surface area contributed by atoms with Crippen LogP contribution >= 0.6 is 0 Å². The lowest BCUT2D eigenvalue weighted by Crippen LogP contribution is -2.50. The van der Waals surface area contributed by atoms with Crippen LogP contribution in [0.25, 0.3) is 0 Å². The number of esters is 1. The molecule has 4 nitrogen and oxygen atoms in total. The van der Waals surface area contributed by atoms with Crippen LogP contribution in [0.4, 0.5) is 13.2 Å². The van der Waals surface area contributed by atoms with Crippen molar-refractivity contribution >= 4 is 5.97 Å². The summed E-state index contributed by atoms with van der Waals surface area (Å²) in [6.45, 7) is 1.08. The summed E-state index contributed by atoms with van der Waals surface area (Å²) in [6.07, 6.45) is -5.51. The van der Waals surface area contributed by atoms with E-state index in [1.807, 2.05) is 0 Å². The van der Waals surface area contributed by atoms with Crippen LogP contribution in [0.15, 0.2) is 0 Å². The smallest absolute Gasteiger partial charge is 0.425 e. The molecule has 104 valence electrons. The van der Waals surface area contributed by atoms with Crippen molar-refractivity contribution in [2.75, 3.05) is 26.8 Å². The number of carbonyl (C=O) groups is 1. The summed E-state index contributed by atoms with van der Waals surface area (Å²) in [5.74, 6) is -1.41. The topological polar surface area (TPSA) is 38.8 Å². The number of rotatable bonds is 3. The number of ether oxygens (including phenoxy) is 2. The Labute approximate surface area is 103 Å². The van der Waals surface area contributed by atoms with Gasteiger partial charge in [-0.25, -0.2) is 0 Å². The van der Waals surface area contributed by atoms with E-state index in [2.05, 4.69) is 4.74 Å². The van der Waals surface area contributed by atoms with Crippen LogP contribution in [0.2, 0.25) is 0 Å². The van der Waals surface area contributed by atoms with Crippen LogP contribution in [-0.4, -0.2) is 56.0 Å². The highest BCUT2D eigenvalue weighted by Gasteiger charge is 2.52. The number of nitrogens with zero attached hydrogens (tertiary/aromatic N) is 1. The highest BCUT2D eigenvalue weighted by molar-refractivity contribution is 5.76. The first kappa shape index (κ1) is 13.6. The van der Waals surface area contributed by atoms with E-state index >= 15 is 0 Å². The monoisotopic (exact) mass is 267 g/mol. The van der Waals surface area contributed by atoms with Gasteiger partial charge in [0, 0.05) is 12.5 Å². The van der Waals surface area contributed by atoms with Gasteiger partial charge >= 0.3 is 12.1 Å². The first-order valence-corrected chi connectivity index (χ1v) is 5.95. The minimum atomic E-state index is -4.48. The quantitative estimate of drug-likeness (QED) is 0.720. The number of carbonyl (C=O) groups excluding carboxylic acids is 1. The zero-order valence-electron chi connectivity index (χ0n) is 10.1. The fraction of sp³-hybridized carbons (Fsp3) is 0.909. The lowest BCUT2D eigenvalue weighted by atomic mass is 10.2. The van der Waals surface area contributed by atoms with Crippen molar-refractivity contribution in [1.82, 2.24) is 4.90 Å². The number of halogens is 3. The molecule has 2 rings (SSSR count). The molecule has 0 aromatic carbocycles. The minimum absolute atomic E-state index is 0.0879. The van der Waals surface area contributed by atoms with E-state index < -0.39 is 30.2 Å². The first-order valence-electron chi connectivity index (χ1n) is 5.95. The average molecular weight is 267 g/mol. The highest BCUT2D eigenvalue weighted by atomic mass is 19.4. The van der Waals surface area contributed by atoms with Gasteiger partial charge in [-0.2, -0.15) is 13.2 Å². The third kappa shape index (κ3) is 3.14. The predicted molar refractivity (Wildman–Crippen MR) is 55.9 cm³/mol. The number of likely N-dealkylation sites (N-methyl/N-ethyl adjacent to an activating group) is 1. The zero-order chi connectivity index (χ0) is 13.3. The summed E-state index contributed by atoms with van der Waals surface area (Å²) in [5.41, 5.74) is 0. The summed E-state index contributed by atoms with van der Waals surface area (Å²) in [6, 6.07) is -0.734. The third-order valence-corrected chi connectivity index (χ3v) is 3.28. The van der Waals surface area contributed by atoms with Gasteiger partial charge in [-0.3, -0.25) is 9.69 Å². The molecule has 0 aromatic rings. The lowest BCUT2D eigenvalue weighted by molar-refractivity contribution is -0.230. The first-order chi connectivity index (χ1) is 8.39. The van der Waals surface area contributed by atoms with Gasteiger partial charge in [0.15, 0.2) is 6.10 Å². The molecule has 1 saturated carbocycles. The Balaban J connectivity index is 1.96. The van der Waals surface area contributed by atoms with Crippen molar-refractivity contribution in [3.05, 3.63) is 0 Å². The zero-order valence-corrected chi connectivity index (χ0v) is 10.1. The SMILES string of the molecule is CN1CCOC[C@@H]1C(=O)O[C@@H](C1CC1)C(F)(F)F. The largest absolute Gasteiger partial charge is 0.451 e. The lowest BCUT2D eigenvalue weighted by Gasteiger charge is -2.32. The van der Waals surface area contributed by atoms with E-state index in [9.17, 15) is 18.0 Å². The molecule has 18 heavy (non-hydrogen) atoms. The molecule has 1 aliphatic heterocycles. The van der Waals surface area contributed by atoms with Gasteiger partial charge in [-0.1, -0.05) is 0 Å². The number of hydrogen-bond acceptors (Lipinski definition) is 4. The van der Waals surface area contributed by atoms with Crippen LogP contribution in [-0.2, 0) is 14.3 Å². The van der Waals surface area contributed by atoms with Crippen molar-refractivity contribution in [1.29, 1.82) is 0 Å². The maximum Gasteiger partial charge on any atom is 0.425 e. The minimum Gasteiger partial charge on any atom is -0.451 e. The van der Waals surface area contributed by atoms with Gasteiger partial charge in [0.05, 0.1) is 13.2 Å². The van der Waals surface area contributed by atoms with Gasteiger partial charge in [-0.15, -0.1) is 0 Å². The fourth-order valence-corrected chi connectivity index (χ4v) is 1.97. The molecule has 0 aromatic heterocycles. The number of hydrogen-bond donors (Lipinski definition) is 0. The summed E-state index contributed by atoms with van der Waals surface area (Å²) >= 11 is 0. The Kier molecular flexibility index (Phi) is 3.82.